The van der Waals surface area contributed by atoms with E-state index in [9.17, 15) is 4.39 Å². The fourth-order valence-corrected chi connectivity index (χ4v) is 2.51. The highest BCUT2D eigenvalue weighted by atomic mass is 32.1. The van der Waals surface area contributed by atoms with Gasteiger partial charge >= 0.3 is 0 Å². The molecular formula is C13H18FNS. The van der Waals surface area contributed by atoms with Crippen LogP contribution in [0.5, 0.6) is 0 Å². The summed E-state index contributed by atoms with van der Waals surface area (Å²) in [4.78, 5) is 2.20. The molecule has 0 aromatic heterocycles. The van der Waals surface area contributed by atoms with Crippen molar-refractivity contribution in [2.45, 2.75) is 19.4 Å². The van der Waals surface area contributed by atoms with Crippen LogP contribution in [-0.2, 0) is 6.54 Å². The normalized spacial score (nSPS) is 17.8. The molecule has 0 heterocycles. The second kappa shape index (κ2) is 4.76. The van der Waals surface area contributed by atoms with Crippen LogP contribution in [0.3, 0.4) is 0 Å². The lowest BCUT2D eigenvalue weighted by atomic mass is 10.1. The average Bonchev–Trinajstić information content (AvgIpc) is 3.02. The van der Waals surface area contributed by atoms with Crippen molar-refractivity contribution in [3.8, 4) is 0 Å². The maximum absolute atomic E-state index is 13.4. The topological polar surface area (TPSA) is 3.24 Å². The summed E-state index contributed by atoms with van der Waals surface area (Å²) in [5, 5.41) is 0. The predicted octanol–water partition coefficient (Wildman–Crippen LogP) is 2.97. The summed E-state index contributed by atoms with van der Waals surface area (Å²) >= 11 is 4.38. The van der Waals surface area contributed by atoms with E-state index in [4.69, 9.17) is 0 Å². The van der Waals surface area contributed by atoms with Crippen LogP contribution in [0.4, 0.5) is 4.39 Å². The highest BCUT2D eigenvalue weighted by Gasteiger charge is 2.41. The molecule has 16 heavy (non-hydrogen) atoms. The average molecular weight is 239 g/mol. The number of thiol groups is 1. The van der Waals surface area contributed by atoms with E-state index in [0.29, 0.717) is 12.0 Å². The van der Waals surface area contributed by atoms with Crippen LogP contribution in [0.15, 0.2) is 24.3 Å². The standard InChI is InChI=1S/C13H18FNS/c1-15(9-13(10-16)6-7-13)8-11-4-2-3-5-12(11)14/h2-5,16H,6-10H2,1H3. The molecule has 1 aromatic rings. The molecule has 0 N–H and O–H groups in total. The maximum atomic E-state index is 13.4. The van der Waals surface area contributed by atoms with Gasteiger partial charge in [0.1, 0.15) is 5.82 Å². The first-order valence-electron chi connectivity index (χ1n) is 5.68. The van der Waals surface area contributed by atoms with Crippen LogP contribution in [0.1, 0.15) is 18.4 Å². The summed E-state index contributed by atoms with van der Waals surface area (Å²) in [5.74, 6) is 0.833. The Morgan fingerprint density at radius 3 is 2.62 bits per heavy atom. The van der Waals surface area contributed by atoms with E-state index in [1.807, 2.05) is 12.1 Å². The Kier molecular flexibility index (Phi) is 3.55. The Labute approximate surface area is 102 Å². The molecule has 0 aliphatic heterocycles. The predicted molar refractivity (Wildman–Crippen MR) is 68.3 cm³/mol. The molecule has 1 saturated carbocycles. The van der Waals surface area contributed by atoms with E-state index in [2.05, 4.69) is 24.6 Å². The lowest BCUT2D eigenvalue weighted by Crippen LogP contribution is -2.27. The lowest BCUT2D eigenvalue weighted by molar-refractivity contribution is 0.267. The van der Waals surface area contributed by atoms with Gasteiger partial charge in [-0.2, -0.15) is 12.6 Å². The summed E-state index contributed by atoms with van der Waals surface area (Å²) in [6, 6.07) is 6.99. The first kappa shape index (κ1) is 11.9. The van der Waals surface area contributed by atoms with Crippen LogP contribution >= 0.6 is 12.6 Å². The molecule has 1 aromatic carbocycles. The molecule has 0 spiro atoms. The summed E-state index contributed by atoms with van der Waals surface area (Å²) in [5.41, 5.74) is 1.18. The summed E-state index contributed by atoms with van der Waals surface area (Å²) < 4.78 is 13.4. The van der Waals surface area contributed by atoms with Gasteiger partial charge in [-0.3, -0.25) is 0 Å². The monoisotopic (exact) mass is 239 g/mol. The second-order valence-corrected chi connectivity index (χ2v) is 5.24. The van der Waals surface area contributed by atoms with Gasteiger partial charge in [-0.15, -0.1) is 0 Å². The summed E-state index contributed by atoms with van der Waals surface area (Å²) in [6.45, 7) is 1.70. The molecule has 0 radical (unpaired) electrons. The summed E-state index contributed by atoms with van der Waals surface area (Å²) in [7, 11) is 2.05. The molecule has 0 unspecified atom stereocenters. The number of hydrogen-bond acceptors (Lipinski definition) is 2. The molecule has 0 saturated heterocycles. The zero-order valence-electron chi connectivity index (χ0n) is 9.62. The number of rotatable bonds is 5. The van der Waals surface area contributed by atoms with Gasteiger partial charge in [0.15, 0.2) is 0 Å². The molecule has 0 amide bonds. The van der Waals surface area contributed by atoms with Gasteiger partial charge in [-0.1, -0.05) is 18.2 Å². The third kappa shape index (κ3) is 2.77. The highest BCUT2D eigenvalue weighted by molar-refractivity contribution is 7.80. The smallest absolute Gasteiger partial charge is 0.127 e. The van der Waals surface area contributed by atoms with E-state index < -0.39 is 0 Å². The van der Waals surface area contributed by atoms with Gasteiger partial charge in [0.2, 0.25) is 0 Å². The summed E-state index contributed by atoms with van der Waals surface area (Å²) in [6.07, 6.45) is 2.52. The fraction of sp³-hybridized carbons (Fsp3) is 0.538. The molecular weight excluding hydrogens is 221 g/mol. The van der Waals surface area contributed by atoms with Crippen molar-refractivity contribution in [1.82, 2.24) is 4.90 Å². The SMILES string of the molecule is CN(Cc1ccccc1F)CC1(CS)CC1. The first-order chi connectivity index (χ1) is 7.65. The Hall–Kier alpha value is -0.540. The van der Waals surface area contributed by atoms with E-state index in [0.717, 1.165) is 17.9 Å². The first-order valence-corrected chi connectivity index (χ1v) is 6.31. The quantitative estimate of drug-likeness (QED) is 0.773. The van der Waals surface area contributed by atoms with Gasteiger partial charge in [-0.05, 0) is 37.1 Å². The van der Waals surface area contributed by atoms with Crippen molar-refractivity contribution < 1.29 is 4.39 Å². The fourth-order valence-electron chi connectivity index (χ4n) is 2.09. The zero-order valence-corrected chi connectivity index (χ0v) is 10.5. The van der Waals surface area contributed by atoms with Crippen molar-refractivity contribution in [3.05, 3.63) is 35.6 Å². The minimum Gasteiger partial charge on any atom is -0.301 e. The van der Waals surface area contributed by atoms with Crippen molar-refractivity contribution in [2.75, 3.05) is 19.3 Å². The Morgan fingerprint density at radius 2 is 2.06 bits per heavy atom. The number of halogens is 1. The molecule has 1 fully saturated rings. The van der Waals surface area contributed by atoms with Gasteiger partial charge < -0.3 is 4.90 Å². The third-order valence-electron chi connectivity index (χ3n) is 3.30. The maximum Gasteiger partial charge on any atom is 0.127 e. The van der Waals surface area contributed by atoms with Crippen molar-refractivity contribution >= 4 is 12.6 Å². The van der Waals surface area contributed by atoms with E-state index >= 15 is 0 Å². The van der Waals surface area contributed by atoms with Crippen molar-refractivity contribution in [3.63, 3.8) is 0 Å². The Morgan fingerprint density at radius 1 is 1.38 bits per heavy atom. The molecule has 88 valence electrons. The molecule has 3 heteroatoms. The second-order valence-electron chi connectivity index (χ2n) is 4.92. The zero-order chi connectivity index (χ0) is 11.6. The van der Waals surface area contributed by atoms with Gasteiger partial charge in [0.25, 0.3) is 0 Å². The van der Waals surface area contributed by atoms with Gasteiger partial charge in [0.05, 0.1) is 0 Å². The molecule has 1 aliphatic rings. The van der Waals surface area contributed by atoms with Crippen LogP contribution in [0, 0.1) is 11.2 Å². The minimum absolute atomic E-state index is 0.106. The van der Waals surface area contributed by atoms with Crippen LogP contribution in [-0.4, -0.2) is 24.2 Å². The third-order valence-corrected chi connectivity index (χ3v) is 3.97. The van der Waals surface area contributed by atoms with E-state index in [1.54, 1.807) is 6.07 Å². The van der Waals surface area contributed by atoms with Crippen molar-refractivity contribution in [1.29, 1.82) is 0 Å². The van der Waals surface area contributed by atoms with Crippen LogP contribution in [0.25, 0.3) is 0 Å². The van der Waals surface area contributed by atoms with Crippen LogP contribution in [0.2, 0.25) is 0 Å². The van der Waals surface area contributed by atoms with E-state index in [-0.39, 0.29) is 5.82 Å². The molecule has 0 atom stereocenters. The number of nitrogens with zero attached hydrogens (tertiary/aromatic N) is 1. The van der Waals surface area contributed by atoms with Gasteiger partial charge in [-0.25, -0.2) is 4.39 Å². The largest absolute Gasteiger partial charge is 0.301 e. The Bertz CT molecular complexity index is 363. The minimum atomic E-state index is -0.106. The lowest BCUT2D eigenvalue weighted by Gasteiger charge is -2.22. The number of benzene rings is 1. The van der Waals surface area contributed by atoms with E-state index in [1.165, 1.54) is 18.9 Å². The molecule has 0 bridgehead atoms. The molecule has 1 nitrogen and oxygen atoms in total. The van der Waals surface area contributed by atoms with Crippen molar-refractivity contribution in [2.24, 2.45) is 5.41 Å². The van der Waals surface area contributed by atoms with Crippen LogP contribution < -0.4 is 0 Å². The number of hydrogen-bond donors (Lipinski definition) is 1. The highest BCUT2D eigenvalue weighted by Crippen LogP contribution is 2.47. The Balaban J connectivity index is 1.92. The van der Waals surface area contributed by atoms with Gasteiger partial charge in [0, 0.05) is 18.7 Å². The molecule has 2 rings (SSSR count). The molecule has 1 aliphatic carbocycles.